The van der Waals surface area contributed by atoms with Crippen LogP contribution in [0.15, 0.2) is 60.7 Å². The van der Waals surface area contributed by atoms with Crippen LogP contribution in [0.1, 0.15) is 22.8 Å². The number of aliphatic hydroxyl groups excluding tert-OH is 1. The summed E-state index contributed by atoms with van der Waals surface area (Å²) >= 11 is 0. The van der Waals surface area contributed by atoms with Gasteiger partial charge in [-0.05, 0) is 17.5 Å². The molecule has 0 amide bonds. The fourth-order valence-corrected chi connectivity index (χ4v) is 3.65. The predicted octanol–water partition coefficient (Wildman–Crippen LogP) is 2.91. The fraction of sp³-hybridized carbons (Fsp3) is 0.250. The van der Waals surface area contributed by atoms with Gasteiger partial charge < -0.3 is 5.11 Å². The van der Waals surface area contributed by atoms with E-state index in [4.69, 9.17) is 5.11 Å². The summed E-state index contributed by atoms with van der Waals surface area (Å²) in [5.74, 6) is 0.519. The zero-order valence-corrected chi connectivity index (χ0v) is 11.6. The molecule has 2 rings (SSSR count). The van der Waals surface area contributed by atoms with E-state index in [1.165, 1.54) is 0 Å². The normalized spacial score (nSPS) is 12.5. The molecule has 1 unspecified atom stereocenters. The summed E-state index contributed by atoms with van der Waals surface area (Å²) in [6.07, 6.45) is 0.572. The molecule has 2 aromatic rings. The highest BCUT2D eigenvalue weighted by atomic mass is 32.2. The van der Waals surface area contributed by atoms with Crippen LogP contribution in [-0.2, 0) is 10.8 Å². The molecule has 0 fully saturated rings. The molecule has 2 aromatic carbocycles. The second-order valence-electron chi connectivity index (χ2n) is 4.36. The average molecular weight is 274 g/mol. The molecule has 0 heterocycles. The lowest BCUT2D eigenvalue weighted by Crippen LogP contribution is -2.12. The summed E-state index contributed by atoms with van der Waals surface area (Å²) in [6.45, 7) is 0.0854. The van der Waals surface area contributed by atoms with Crippen molar-refractivity contribution in [2.45, 2.75) is 11.7 Å². The van der Waals surface area contributed by atoms with Crippen LogP contribution in [0.5, 0.6) is 0 Å². The Hall–Kier alpha value is -1.45. The van der Waals surface area contributed by atoms with Crippen molar-refractivity contribution in [1.82, 2.24) is 0 Å². The van der Waals surface area contributed by atoms with Crippen LogP contribution < -0.4 is 0 Å². The Balaban J connectivity index is 2.31. The second-order valence-corrected chi connectivity index (χ2v) is 6.00. The largest absolute Gasteiger partial charge is 0.396 e. The van der Waals surface area contributed by atoms with Crippen LogP contribution in [0, 0.1) is 0 Å². The van der Waals surface area contributed by atoms with E-state index in [9.17, 15) is 4.21 Å². The van der Waals surface area contributed by atoms with Crippen molar-refractivity contribution in [2.24, 2.45) is 0 Å². The zero-order valence-electron chi connectivity index (χ0n) is 10.7. The molecule has 0 aliphatic rings. The van der Waals surface area contributed by atoms with Gasteiger partial charge in [0, 0.05) is 23.2 Å². The Morgan fingerprint density at radius 3 is 1.79 bits per heavy atom. The van der Waals surface area contributed by atoms with Gasteiger partial charge in [-0.3, -0.25) is 4.21 Å². The van der Waals surface area contributed by atoms with Gasteiger partial charge in [-0.25, -0.2) is 0 Å². The second kappa shape index (κ2) is 7.22. The highest BCUT2D eigenvalue weighted by molar-refractivity contribution is 7.85. The van der Waals surface area contributed by atoms with Gasteiger partial charge in [-0.1, -0.05) is 60.7 Å². The van der Waals surface area contributed by atoms with E-state index in [1.54, 1.807) is 0 Å². The molecule has 0 aliphatic carbocycles. The summed E-state index contributed by atoms with van der Waals surface area (Å²) in [4.78, 5) is 0. The number of hydrogen-bond acceptors (Lipinski definition) is 2. The van der Waals surface area contributed by atoms with Gasteiger partial charge in [-0.2, -0.15) is 0 Å². The SMILES string of the molecule is O=S(CCCO)C(c1ccccc1)c1ccccc1. The molecule has 0 aliphatic heterocycles. The molecule has 1 atom stereocenters. The number of benzene rings is 2. The number of aliphatic hydroxyl groups is 1. The molecule has 0 radical (unpaired) electrons. The molecule has 1 N–H and O–H groups in total. The first-order valence-electron chi connectivity index (χ1n) is 6.41. The molecule has 100 valence electrons. The minimum absolute atomic E-state index is 0.0854. The quantitative estimate of drug-likeness (QED) is 0.879. The Bertz CT molecular complexity index is 471. The molecular weight excluding hydrogens is 256 g/mol. The van der Waals surface area contributed by atoms with Crippen molar-refractivity contribution in [3.05, 3.63) is 71.8 Å². The van der Waals surface area contributed by atoms with Gasteiger partial charge in [-0.15, -0.1) is 0 Å². The maximum Gasteiger partial charge on any atom is 0.0846 e. The standard InChI is InChI=1S/C16H18O2S/c17-12-7-13-19(18)16(14-8-3-1-4-9-14)15-10-5-2-6-11-15/h1-6,8-11,16-17H,7,12-13H2. The van der Waals surface area contributed by atoms with Crippen LogP contribution >= 0.6 is 0 Å². The van der Waals surface area contributed by atoms with Crippen LogP contribution in [0.4, 0.5) is 0 Å². The molecule has 19 heavy (non-hydrogen) atoms. The van der Waals surface area contributed by atoms with Crippen LogP contribution in [-0.4, -0.2) is 21.7 Å². The van der Waals surface area contributed by atoms with E-state index in [1.807, 2.05) is 60.7 Å². The third-order valence-electron chi connectivity index (χ3n) is 2.97. The molecule has 0 bridgehead atoms. The van der Waals surface area contributed by atoms with Gasteiger partial charge in [0.15, 0.2) is 0 Å². The maximum absolute atomic E-state index is 12.5. The number of hydrogen-bond donors (Lipinski definition) is 1. The molecule has 2 nitrogen and oxygen atoms in total. The Morgan fingerprint density at radius 1 is 0.895 bits per heavy atom. The summed E-state index contributed by atoms with van der Waals surface area (Å²) < 4.78 is 12.5. The van der Waals surface area contributed by atoms with E-state index >= 15 is 0 Å². The molecule has 0 aromatic heterocycles. The summed E-state index contributed by atoms with van der Waals surface area (Å²) in [5.41, 5.74) is 2.12. The lowest BCUT2D eigenvalue weighted by molar-refractivity contribution is 0.296. The maximum atomic E-state index is 12.5. The van der Waals surface area contributed by atoms with E-state index in [0.29, 0.717) is 12.2 Å². The third-order valence-corrected chi connectivity index (χ3v) is 4.73. The van der Waals surface area contributed by atoms with Gasteiger partial charge in [0.25, 0.3) is 0 Å². The topological polar surface area (TPSA) is 37.3 Å². The highest BCUT2D eigenvalue weighted by Crippen LogP contribution is 2.28. The lowest BCUT2D eigenvalue weighted by Gasteiger charge is -2.17. The van der Waals surface area contributed by atoms with Gasteiger partial charge in [0.2, 0.25) is 0 Å². The number of rotatable bonds is 6. The van der Waals surface area contributed by atoms with E-state index < -0.39 is 10.8 Å². The molecular formula is C16H18O2S. The van der Waals surface area contributed by atoms with Crippen molar-refractivity contribution in [3.63, 3.8) is 0 Å². The van der Waals surface area contributed by atoms with Crippen molar-refractivity contribution in [1.29, 1.82) is 0 Å². The fourth-order valence-electron chi connectivity index (χ4n) is 2.08. The highest BCUT2D eigenvalue weighted by Gasteiger charge is 2.20. The van der Waals surface area contributed by atoms with Crippen molar-refractivity contribution in [2.75, 3.05) is 12.4 Å². The Kier molecular flexibility index (Phi) is 5.31. The van der Waals surface area contributed by atoms with Crippen molar-refractivity contribution >= 4 is 10.8 Å². The minimum Gasteiger partial charge on any atom is -0.396 e. The predicted molar refractivity (Wildman–Crippen MR) is 79.4 cm³/mol. The van der Waals surface area contributed by atoms with Gasteiger partial charge in [0.1, 0.15) is 0 Å². The first-order valence-corrected chi connectivity index (χ1v) is 7.79. The zero-order chi connectivity index (χ0) is 13.5. The first kappa shape index (κ1) is 14.0. The first-order chi connectivity index (χ1) is 9.33. The Labute approximate surface area is 116 Å². The monoisotopic (exact) mass is 274 g/mol. The Morgan fingerprint density at radius 2 is 1.37 bits per heavy atom. The van der Waals surface area contributed by atoms with Crippen LogP contribution in [0.2, 0.25) is 0 Å². The van der Waals surface area contributed by atoms with Gasteiger partial charge in [0.05, 0.1) is 5.25 Å². The third kappa shape index (κ3) is 3.75. The lowest BCUT2D eigenvalue weighted by atomic mass is 10.0. The van der Waals surface area contributed by atoms with Crippen LogP contribution in [0.3, 0.4) is 0 Å². The van der Waals surface area contributed by atoms with Crippen molar-refractivity contribution in [3.8, 4) is 0 Å². The average Bonchev–Trinajstić information content (AvgIpc) is 2.47. The minimum atomic E-state index is -1.02. The van der Waals surface area contributed by atoms with Crippen molar-refractivity contribution < 1.29 is 9.32 Å². The smallest absolute Gasteiger partial charge is 0.0846 e. The molecule has 0 saturated heterocycles. The van der Waals surface area contributed by atoms with E-state index in [-0.39, 0.29) is 11.9 Å². The summed E-state index contributed by atoms with van der Waals surface area (Å²) in [6, 6.07) is 19.8. The molecule has 0 saturated carbocycles. The molecule has 3 heteroatoms. The molecule has 0 spiro atoms. The van der Waals surface area contributed by atoms with Gasteiger partial charge >= 0.3 is 0 Å². The van der Waals surface area contributed by atoms with E-state index in [0.717, 1.165) is 11.1 Å². The summed E-state index contributed by atoms with van der Waals surface area (Å²) in [7, 11) is -1.02. The van der Waals surface area contributed by atoms with E-state index in [2.05, 4.69) is 0 Å². The summed E-state index contributed by atoms with van der Waals surface area (Å²) in [5, 5.41) is 8.79. The van der Waals surface area contributed by atoms with Crippen LogP contribution in [0.25, 0.3) is 0 Å².